The first-order chi connectivity index (χ1) is 8.48. The van der Waals surface area contributed by atoms with Crippen LogP contribution in [0.2, 0.25) is 0 Å². The Morgan fingerprint density at radius 2 is 2.22 bits per heavy atom. The Bertz CT molecular complexity index is 632. The van der Waals surface area contributed by atoms with Gasteiger partial charge in [0, 0.05) is 18.1 Å². The third-order valence-corrected chi connectivity index (χ3v) is 3.68. The van der Waals surface area contributed by atoms with Crippen LogP contribution in [-0.2, 0) is 22.0 Å². The number of aromatic nitrogens is 3. The lowest BCUT2D eigenvalue weighted by Gasteiger charge is -1.89. The molecule has 0 aliphatic carbocycles. The summed E-state index contributed by atoms with van der Waals surface area (Å²) < 4.78 is 27.1. The second-order valence-electron chi connectivity index (χ2n) is 3.75. The Balaban J connectivity index is 2.18. The van der Waals surface area contributed by atoms with Gasteiger partial charge in [-0.2, -0.15) is 4.98 Å². The largest absolute Gasteiger partial charge is 0.332 e. The standard InChI is InChI=1S/C9H12N4O3S2/c1-18(14,15)5-7-12-9(16-13-7)6-4-17-8(11-6)2-3-10/h4H,2-3,5,10H2,1H3. The number of nitrogens with zero attached hydrogens (tertiary/aromatic N) is 3. The number of rotatable bonds is 5. The van der Waals surface area contributed by atoms with Crippen LogP contribution in [0.15, 0.2) is 9.90 Å². The molecule has 0 amide bonds. The highest BCUT2D eigenvalue weighted by Gasteiger charge is 2.15. The maximum atomic E-state index is 11.1. The van der Waals surface area contributed by atoms with E-state index in [2.05, 4.69) is 15.1 Å². The molecule has 0 spiro atoms. The van der Waals surface area contributed by atoms with Crippen LogP contribution < -0.4 is 5.73 Å². The molecular formula is C9H12N4O3S2. The first kappa shape index (κ1) is 13.1. The van der Waals surface area contributed by atoms with E-state index in [1.165, 1.54) is 11.3 Å². The summed E-state index contributed by atoms with van der Waals surface area (Å²) in [5.41, 5.74) is 5.98. The van der Waals surface area contributed by atoms with Gasteiger partial charge in [-0.05, 0) is 6.54 Å². The molecule has 2 aromatic heterocycles. The summed E-state index contributed by atoms with van der Waals surface area (Å²) in [4.78, 5) is 8.27. The van der Waals surface area contributed by atoms with Gasteiger partial charge < -0.3 is 10.3 Å². The van der Waals surface area contributed by atoms with E-state index in [4.69, 9.17) is 10.3 Å². The molecular weight excluding hydrogens is 276 g/mol. The van der Waals surface area contributed by atoms with Crippen LogP contribution in [-0.4, -0.2) is 36.3 Å². The number of thiazole rings is 1. The summed E-state index contributed by atoms with van der Waals surface area (Å²) in [6.45, 7) is 0.524. The van der Waals surface area contributed by atoms with E-state index >= 15 is 0 Å². The second-order valence-corrected chi connectivity index (χ2v) is 6.83. The lowest BCUT2D eigenvalue weighted by Crippen LogP contribution is -2.02. The topological polar surface area (TPSA) is 112 Å². The third kappa shape index (κ3) is 3.34. The van der Waals surface area contributed by atoms with Crippen LogP contribution in [0, 0.1) is 0 Å². The molecule has 0 aliphatic rings. The van der Waals surface area contributed by atoms with Gasteiger partial charge in [0.15, 0.2) is 15.7 Å². The summed E-state index contributed by atoms with van der Waals surface area (Å²) in [6.07, 6.45) is 1.81. The fourth-order valence-corrected chi connectivity index (χ4v) is 2.67. The molecule has 9 heteroatoms. The summed E-state index contributed by atoms with van der Waals surface area (Å²) in [7, 11) is -3.17. The molecule has 0 unspecified atom stereocenters. The minimum absolute atomic E-state index is 0.140. The van der Waals surface area contributed by atoms with Gasteiger partial charge in [-0.25, -0.2) is 13.4 Å². The molecule has 0 saturated heterocycles. The van der Waals surface area contributed by atoms with E-state index < -0.39 is 9.84 Å². The molecule has 0 saturated carbocycles. The number of nitrogens with two attached hydrogens (primary N) is 1. The van der Waals surface area contributed by atoms with Crippen molar-refractivity contribution in [3.8, 4) is 11.6 Å². The van der Waals surface area contributed by atoms with E-state index in [-0.39, 0.29) is 17.5 Å². The molecule has 2 heterocycles. The highest BCUT2D eigenvalue weighted by atomic mass is 32.2. The molecule has 0 aromatic carbocycles. The smallest absolute Gasteiger partial charge is 0.277 e. The molecule has 18 heavy (non-hydrogen) atoms. The van der Waals surface area contributed by atoms with Gasteiger partial charge in [0.05, 0.1) is 5.01 Å². The zero-order chi connectivity index (χ0) is 13.2. The number of hydrogen-bond acceptors (Lipinski definition) is 8. The fraction of sp³-hybridized carbons (Fsp3) is 0.444. The Morgan fingerprint density at radius 3 is 2.89 bits per heavy atom. The van der Waals surface area contributed by atoms with Gasteiger partial charge >= 0.3 is 0 Å². The summed E-state index contributed by atoms with van der Waals surface area (Å²) in [5, 5.41) is 6.27. The predicted octanol–water partition coefficient (Wildman–Crippen LogP) is 0.239. The van der Waals surface area contributed by atoms with Crippen molar-refractivity contribution in [2.75, 3.05) is 12.8 Å². The first-order valence-electron chi connectivity index (χ1n) is 5.13. The van der Waals surface area contributed by atoms with Gasteiger partial charge in [0.2, 0.25) is 0 Å². The highest BCUT2D eigenvalue weighted by Crippen LogP contribution is 2.20. The van der Waals surface area contributed by atoms with Gasteiger partial charge in [0.1, 0.15) is 11.4 Å². The first-order valence-corrected chi connectivity index (χ1v) is 8.07. The molecule has 0 fully saturated rings. The van der Waals surface area contributed by atoms with E-state index in [0.29, 0.717) is 18.7 Å². The summed E-state index contributed by atoms with van der Waals surface area (Å²) in [6, 6.07) is 0. The van der Waals surface area contributed by atoms with Crippen LogP contribution in [0.25, 0.3) is 11.6 Å². The number of hydrogen-bond donors (Lipinski definition) is 1. The molecule has 0 atom stereocenters. The lowest BCUT2D eigenvalue weighted by molar-refractivity contribution is 0.423. The Morgan fingerprint density at radius 1 is 1.44 bits per heavy atom. The summed E-state index contributed by atoms with van der Waals surface area (Å²) in [5.74, 6) is 0.130. The van der Waals surface area contributed by atoms with Gasteiger partial charge in [0.25, 0.3) is 5.89 Å². The Hall–Kier alpha value is -1.32. The van der Waals surface area contributed by atoms with Crippen molar-refractivity contribution in [1.29, 1.82) is 0 Å². The maximum Gasteiger partial charge on any atom is 0.277 e. The molecule has 2 rings (SSSR count). The Labute approximate surface area is 108 Å². The number of sulfone groups is 1. The van der Waals surface area contributed by atoms with Gasteiger partial charge in [-0.3, -0.25) is 0 Å². The predicted molar refractivity (Wildman–Crippen MR) is 66.7 cm³/mol. The van der Waals surface area contributed by atoms with Crippen molar-refractivity contribution >= 4 is 21.2 Å². The van der Waals surface area contributed by atoms with Crippen LogP contribution in [0.4, 0.5) is 0 Å². The second kappa shape index (κ2) is 5.12. The van der Waals surface area contributed by atoms with Crippen molar-refractivity contribution in [3.63, 3.8) is 0 Å². The van der Waals surface area contributed by atoms with Crippen molar-refractivity contribution in [1.82, 2.24) is 15.1 Å². The third-order valence-electron chi connectivity index (χ3n) is 1.99. The van der Waals surface area contributed by atoms with E-state index in [1.807, 2.05) is 0 Å². The molecule has 98 valence electrons. The molecule has 0 aliphatic heterocycles. The molecule has 0 radical (unpaired) electrons. The minimum Gasteiger partial charge on any atom is -0.332 e. The molecule has 2 N–H and O–H groups in total. The monoisotopic (exact) mass is 288 g/mol. The molecule has 7 nitrogen and oxygen atoms in total. The zero-order valence-electron chi connectivity index (χ0n) is 9.66. The molecule has 0 bridgehead atoms. The average Bonchev–Trinajstić information content (AvgIpc) is 2.85. The normalized spacial score (nSPS) is 11.9. The average molecular weight is 288 g/mol. The quantitative estimate of drug-likeness (QED) is 0.838. The van der Waals surface area contributed by atoms with Crippen LogP contribution in [0.5, 0.6) is 0 Å². The van der Waals surface area contributed by atoms with Crippen molar-refractivity contribution in [2.45, 2.75) is 12.2 Å². The van der Waals surface area contributed by atoms with Crippen molar-refractivity contribution in [2.24, 2.45) is 5.73 Å². The van der Waals surface area contributed by atoms with E-state index in [1.54, 1.807) is 5.38 Å². The van der Waals surface area contributed by atoms with E-state index in [9.17, 15) is 8.42 Å². The highest BCUT2D eigenvalue weighted by molar-refractivity contribution is 7.89. The van der Waals surface area contributed by atoms with Gasteiger partial charge in [-0.1, -0.05) is 5.16 Å². The van der Waals surface area contributed by atoms with E-state index in [0.717, 1.165) is 11.3 Å². The zero-order valence-corrected chi connectivity index (χ0v) is 11.3. The minimum atomic E-state index is -3.17. The SMILES string of the molecule is CS(=O)(=O)Cc1noc(-c2csc(CCN)n2)n1. The fourth-order valence-electron chi connectivity index (χ4n) is 1.30. The summed E-state index contributed by atoms with van der Waals surface area (Å²) >= 11 is 1.45. The van der Waals surface area contributed by atoms with Crippen LogP contribution >= 0.6 is 11.3 Å². The van der Waals surface area contributed by atoms with Gasteiger partial charge in [-0.15, -0.1) is 11.3 Å². The van der Waals surface area contributed by atoms with Crippen LogP contribution in [0.3, 0.4) is 0 Å². The Kier molecular flexibility index (Phi) is 3.73. The van der Waals surface area contributed by atoms with Crippen molar-refractivity contribution < 1.29 is 12.9 Å². The molecule has 2 aromatic rings. The maximum absolute atomic E-state index is 11.1. The van der Waals surface area contributed by atoms with Crippen molar-refractivity contribution in [3.05, 3.63) is 16.2 Å². The lowest BCUT2D eigenvalue weighted by atomic mass is 10.4. The van der Waals surface area contributed by atoms with Crippen LogP contribution in [0.1, 0.15) is 10.8 Å².